The van der Waals surface area contributed by atoms with Crippen LogP contribution in [0.15, 0.2) is 18.9 Å². The van der Waals surface area contributed by atoms with Crippen molar-refractivity contribution in [1.82, 2.24) is 15.3 Å². The van der Waals surface area contributed by atoms with Gasteiger partial charge in [-0.2, -0.15) is 0 Å². The molecule has 1 aromatic rings. The minimum absolute atomic E-state index is 0.0294. The molecular weight excluding hydrogens is 248 g/mol. The first kappa shape index (κ1) is 16.6. The Kier molecular flexibility index (Phi) is 5.69. The number of rotatable bonds is 6. The Morgan fingerprint density at radius 3 is 2.50 bits per heavy atom. The van der Waals surface area contributed by atoms with Gasteiger partial charge in [0.05, 0.1) is 0 Å². The Morgan fingerprint density at radius 1 is 1.40 bits per heavy atom. The Hall–Kier alpha value is -1.42. The van der Waals surface area contributed by atoms with E-state index in [0.29, 0.717) is 6.04 Å². The lowest BCUT2D eigenvalue weighted by atomic mass is 10.1. The van der Waals surface area contributed by atoms with Crippen LogP contribution in [0.3, 0.4) is 0 Å². The van der Waals surface area contributed by atoms with Gasteiger partial charge in [0, 0.05) is 42.1 Å². The van der Waals surface area contributed by atoms with Gasteiger partial charge in [-0.15, -0.1) is 6.58 Å². The molecule has 0 aromatic carbocycles. The number of aromatic nitrogens is 2. The van der Waals surface area contributed by atoms with Crippen molar-refractivity contribution in [2.45, 2.75) is 59.7 Å². The maximum absolute atomic E-state index is 4.66. The van der Waals surface area contributed by atoms with Crippen LogP contribution in [-0.4, -0.2) is 28.1 Å². The molecular formula is C16H28N4. The highest BCUT2D eigenvalue weighted by Gasteiger charge is 2.23. The van der Waals surface area contributed by atoms with Crippen LogP contribution < -0.4 is 10.2 Å². The molecule has 1 N–H and O–H groups in total. The Labute approximate surface area is 123 Å². The topological polar surface area (TPSA) is 41.1 Å². The molecule has 0 aliphatic rings. The van der Waals surface area contributed by atoms with Crippen molar-refractivity contribution in [3.05, 3.63) is 30.1 Å². The summed E-state index contributed by atoms with van der Waals surface area (Å²) in [5, 5.41) is 3.40. The molecule has 0 unspecified atom stereocenters. The predicted octanol–water partition coefficient (Wildman–Crippen LogP) is 3.07. The maximum atomic E-state index is 4.66. The van der Waals surface area contributed by atoms with E-state index in [1.54, 1.807) is 0 Å². The molecule has 0 saturated carbocycles. The lowest BCUT2D eigenvalue weighted by Crippen LogP contribution is -2.42. The Balaban J connectivity index is 2.97. The number of aryl methyl sites for hydroxylation is 1. The summed E-state index contributed by atoms with van der Waals surface area (Å²) >= 11 is 0. The van der Waals surface area contributed by atoms with E-state index in [4.69, 9.17) is 0 Å². The first-order chi connectivity index (χ1) is 9.25. The molecule has 0 saturated heterocycles. The van der Waals surface area contributed by atoms with Crippen molar-refractivity contribution in [3.8, 4) is 0 Å². The highest BCUT2D eigenvalue weighted by molar-refractivity contribution is 5.37. The second-order valence-corrected chi connectivity index (χ2v) is 6.39. The predicted molar refractivity (Wildman–Crippen MR) is 86.0 cm³/mol. The lowest BCUT2D eigenvalue weighted by Gasteiger charge is -2.35. The van der Waals surface area contributed by atoms with Crippen LogP contribution in [0.4, 0.5) is 5.95 Å². The molecule has 1 rings (SSSR count). The zero-order chi connectivity index (χ0) is 15.3. The van der Waals surface area contributed by atoms with Gasteiger partial charge in [-0.25, -0.2) is 9.97 Å². The zero-order valence-corrected chi connectivity index (χ0v) is 13.7. The molecule has 0 spiro atoms. The van der Waals surface area contributed by atoms with E-state index in [1.165, 1.54) is 0 Å². The zero-order valence-electron chi connectivity index (χ0n) is 13.7. The first-order valence-corrected chi connectivity index (χ1v) is 7.20. The van der Waals surface area contributed by atoms with Gasteiger partial charge in [-0.3, -0.25) is 0 Å². The number of nitrogens with one attached hydrogen (secondary N) is 1. The van der Waals surface area contributed by atoms with Crippen molar-refractivity contribution in [1.29, 1.82) is 0 Å². The molecule has 0 aliphatic heterocycles. The summed E-state index contributed by atoms with van der Waals surface area (Å²) in [5.41, 5.74) is 2.15. The standard InChI is InChI=1S/C16H28N4/c1-8-9-20(16(5,6)7)15-18-11-14(13(4)19-15)10-17-12(2)3/h8,11-12,17H,1,9-10H2,2-7H3. The summed E-state index contributed by atoms with van der Waals surface area (Å²) in [7, 11) is 0. The molecule has 0 bridgehead atoms. The van der Waals surface area contributed by atoms with E-state index in [9.17, 15) is 0 Å². The molecule has 20 heavy (non-hydrogen) atoms. The second kappa shape index (κ2) is 6.84. The minimum Gasteiger partial charge on any atom is -0.332 e. The Bertz CT molecular complexity index is 446. The van der Waals surface area contributed by atoms with Crippen molar-refractivity contribution in [3.63, 3.8) is 0 Å². The molecule has 1 aromatic heterocycles. The summed E-state index contributed by atoms with van der Waals surface area (Å²) in [4.78, 5) is 11.4. The molecule has 0 amide bonds. The third-order valence-electron chi connectivity index (χ3n) is 3.13. The van der Waals surface area contributed by atoms with E-state index in [-0.39, 0.29) is 5.54 Å². The highest BCUT2D eigenvalue weighted by Crippen LogP contribution is 2.20. The summed E-state index contributed by atoms with van der Waals surface area (Å²) in [6.45, 7) is 18.1. The van der Waals surface area contributed by atoms with Gasteiger partial charge >= 0.3 is 0 Å². The average molecular weight is 276 g/mol. The van der Waals surface area contributed by atoms with Gasteiger partial charge in [-0.05, 0) is 27.7 Å². The van der Waals surface area contributed by atoms with Crippen LogP contribution in [0.25, 0.3) is 0 Å². The second-order valence-electron chi connectivity index (χ2n) is 6.39. The number of anilines is 1. The van der Waals surface area contributed by atoms with E-state index in [2.05, 4.69) is 61.4 Å². The van der Waals surface area contributed by atoms with E-state index < -0.39 is 0 Å². The monoisotopic (exact) mass is 276 g/mol. The van der Waals surface area contributed by atoms with Gasteiger partial charge < -0.3 is 10.2 Å². The van der Waals surface area contributed by atoms with E-state index in [0.717, 1.165) is 30.3 Å². The van der Waals surface area contributed by atoms with Gasteiger partial charge in [-0.1, -0.05) is 19.9 Å². The van der Waals surface area contributed by atoms with Crippen molar-refractivity contribution < 1.29 is 0 Å². The molecule has 1 heterocycles. The Morgan fingerprint density at radius 2 is 2.05 bits per heavy atom. The fraction of sp³-hybridized carbons (Fsp3) is 0.625. The summed E-state index contributed by atoms with van der Waals surface area (Å²) in [6, 6.07) is 0.459. The third-order valence-corrected chi connectivity index (χ3v) is 3.13. The van der Waals surface area contributed by atoms with Gasteiger partial charge in [0.2, 0.25) is 5.95 Å². The summed E-state index contributed by atoms with van der Waals surface area (Å²) in [5.74, 6) is 0.767. The molecule has 112 valence electrons. The molecule has 0 radical (unpaired) electrons. The van der Waals surface area contributed by atoms with Crippen molar-refractivity contribution >= 4 is 5.95 Å². The first-order valence-electron chi connectivity index (χ1n) is 7.20. The summed E-state index contributed by atoms with van der Waals surface area (Å²) in [6.07, 6.45) is 3.81. The fourth-order valence-corrected chi connectivity index (χ4v) is 1.88. The normalized spacial score (nSPS) is 11.8. The largest absolute Gasteiger partial charge is 0.332 e. The molecule has 0 fully saturated rings. The summed E-state index contributed by atoms with van der Waals surface area (Å²) < 4.78 is 0. The quantitative estimate of drug-likeness (QED) is 0.811. The minimum atomic E-state index is -0.0294. The number of hydrogen-bond acceptors (Lipinski definition) is 4. The third kappa shape index (κ3) is 4.60. The van der Waals surface area contributed by atoms with Crippen LogP contribution in [-0.2, 0) is 6.54 Å². The van der Waals surface area contributed by atoms with Crippen LogP contribution in [0.5, 0.6) is 0 Å². The van der Waals surface area contributed by atoms with Crippen molar-refractivity contribution in [2.75, 3.05) is 11.4 Å². The molecule has 4 heteroatoms. The van der Waals surface area contributed by atoms with Gasteiger partial charge in [0.15, 0.2) is 0 Å². The number of hydrogen-bond donors (Lipinski definition) is 1. The maximum Gasteiger partial charge on any atom is 0.226 e. The molecule has 0 atom stereocenters. The average Bonchev–Trinajstić information content (AvgIpc) is 2.32. The van der Waals surface area contributed by atoms with E-state index in [1.807, 2.05) is 19.2 Å². The number of nitrogens with zero attached hydrogens (tertiary/aromatic N) is 3. The van der Waals surface area contributed by atoms with Crippen LogP contribution in [0.2, 0.25) is 0 Å². The van der Waals surface area contributed by atoms with Crippen LogP contribution >= 0.6 is 0 Å². The fourth-order valence-electron chi connectivity index (χ4n) is 1.88. The molecule has 4 nitrogen and oxygen atoms in total. The highest BCUT2D eigenvalue weighted by atomic mass is 15.3. The molecule has 0 aliphatic carbocycles. The van der Waals surface area contributed by atoms with E-state index >= 15 is 0 Å². The van der Waals surface area contributed by atoms with Crippen molar-refractivity contribution in [2.24, 2.45) is 0 Å². The van der Waals surface area contributed by atoms with Gasteiger partial charge in [0.1, 0.15) is 0 Å². The van der Waals surface area contributed by atoms with Crippen LogP contribution in [0, 0.1) is 6.92 Å². The van der Waals surface area contributed by atoms with Gasteiger partial charge in [0.25, 0.3) is 0 Å². The smallest absolute Gasteiger partial charge is 0.226 e. The lowest BCUT2D eigenvalue weighted by molar-refractivity contribution is 0.510. The van der Waals surface area contributed by atoms with Crippen LogP contribution in [0.1, 0.15) is 45.9 Å². The SMILES string of the molecule is C=CCN(c1ncc(CNC(C)C)c(C)n1)C(C)(C)C.